The van der Waals surface area contributed by atoms with Crippen molar-refractivity contribution >= 4 is 17.3 Å². The van der Waals surface area contributed by atoms with E-state index in [1.807, 2.05) is 78.9 Å². The molecular weight excluding hydrogens is 432 g/mol. The summed E-state index contributed by atoms with van der Waals surface area (Å²) in [6.07, 6.45) is 2.25. The Bertz CT molecular complexity index is 1040. The quantitative estimate of drug-likeness (QED) is 0.378. The van der Waals surface area contributed by atoms with Crippen molar-refractivity contribution in [3.05, 3.63) is 78.9 Å². The van der Waals surface area contributed by atoms with Gasteiger partial charge in [-0.3, -0.25) is 4.79 Å². The molecule has 2 N–H and O–H groups in total. The van der Waals surface area contributed by atoms with Gasteiger partial charge < -0.3 is 29.6 Å². The van der Waals surface area contributed by atoms with Gasteiger partial charge in [0.2, 0.25) is 5.91 Å². The number of carbonyl (C=O) groups excluding carboxylic acids is 1. The van der Waals surface area contributed by atoms with E-state index in [1.54, 1.807) is 0 Å². The molecule has 0 saturated carbocycles. The molecule has 1 aliphatic rings. The number of ether oxygens (including phenoxy) is 4. The fraction of sp³-hybridized carbons (Fsp3) is 0.296. The van der Waals surface area contributed by atoms with E-state index in [-0.39, 0.29) is 18.6 Å². The Labute approximate surface area is 200 Å². The first-order chi connectivity index (χ1) is 16.7. The molecule has 0 radical (unpaired) electrons. The minimum Gasteiger partial charge on any atom is -0.491 e. The van der Waals surface area contributed by atoms with Gasteiger partial charge in [-0.1, -0.05) is 30.3 Å². The van der Waals surface area contributed by atoms with Crippen molar-refractivity contribution in [2.75, 3.05) is 43.6 Å². The van der Waals surface area contributed by atoms with E-state index in [0.29, 0.717) is 37.0 Å². The molecule has 7 heteroatoms. The predicted octanol–water partition coefficient (Wildman–Crippen LogP) is 4.75. The van der Waals surface area contributed by atoms with Gasteiger partial charge in [-0.2, -0.15) is 0 Å². The minimum atomic E-state index is -0.154. The van der Waals surface area contributed by atoms with Gasteiger partial charge in [-0.15, -0.1) is 0 Å². The van der Waals surface area contributed by atoms with Crippen LogP contribution in [0, 0.1) is 0 Å². The molecule has 0 aliphatic carbocycles. The van der Waals surface area contributed by atoms with E-state index in [4.69, 9.17) is 18.9 Å². The van der Waals surface area contributed by atoms with Crippen molar-refractivity contribution in [1.29, 1.82) is 0 Å². The number of amides is 1. The third-order valence-corrected chi connectivity index (χ3v) is 5.23. The highest BCUT2D eigenvalue weighted by Gasteiger charge is 2.16. The van der Waals surface area contributed by atoms with Gasteiger partial charge in [0.1, 0.15) is 37.1 Å². The first-order valence-corrected chi connectivity index (χ1v) is 11.5. The molecule has 0 bridgehead atoms. The maximum atomic E-state index is 12.4. The number of hydrogen-bond acceptors (Lipinski definition) is 6. The third-order valence-electron chi connectivity index (χ3n) is 5.23. The molecule has 34 heavy (non-hydrogen) atoms. The average Bonchev–Trinajstić information content (AvgIpc) is 3.39. The van der Waals surface area contributed by atoms with Crippen LogP contribution in [0.1, 0.15) is 12.8 Å². The highest BCUT2D eigenvalue weighted by Crippen LogP contribution is 2.20. The summed E-state index contributed by atoms with van der Waals surface area (Å²) in [5.41, 5.74) is 1.48. The molecule has 178 valence electrons. The summed E-state index contributed by atoms with van der Waals surface area (Å²) >= 11 is 0. The highest BCUT2D eigenvalue weighted by molar-refractivity contribution is 5.93. The van der Waals surface area contributed by atoms with Crippen LogP contribution in [0.2, 0.25) is 0 Å². The van der Waals surface area contributed by atoms with Gasteiger partial charge in [-0.05, 0) is 49.2 Å². The molecule has 0 aromatic heterocycles. The number of rotatable bonds is 12. The van der Waals surface area contributed by atoms with Gasteiger partial charge in [0, 0.05) is 30.1 Å². The molecule has 1 aliphatic heterocycles. The van der Waals surface area contributed by atoms with Crippen molar-refractivity contribution in [3.8, 4) is 17.2 Å². The molecule has 1 fully saturated rings. The lowest BCUT2D eigenvalue weighted by Crippen LogP contribution is -2.22. The lowest BCUT2D eigenvalue weighted by molar-refractivity contribution is -0.114. The van der Waals surface area contributed by atoms with Crippen LogP contribution in [0.4, 0.5) is 11.4 Å². The molecule has 4 rings (SSSR count). The molecule has 1 heterocycles. The zero-order chi connectivity index (χ0) is 23.4. The second kappa shape index (κ2) is 12.5. The van der Waals surface area contributed by atoms with Crippen LogP contribution in [0.3, 0.4) is 0 Å². The summed E-state index contributed by atoms with van der Waals surface area (Å²) in [4.78, 5) is 12.4. The molecule has 1 saturated heterocycles. The molecular formula is C27H30N2O5. The minimum absolute atomic E-state index is 0.127. The predicted molar refractivity (Wildman–Crippen MR) is 132 cm³/mol. The number of benzene rings is 3. The van der Waals surface area contributed by atoms with Gasteiger partial charge in [-0.25, -0.2) is 0 Å². The summed E-state index contributed by atoms with van der Waals surface area (Å²) < 4.78 is 22.8. The van der Waals surface area contributed by atoms with E-state index in [0.717, 1.165) is 30.9 Å². The molecule has 1 amide bonds. The van der Waals surface area contributed by atoms with Crippen LogP contribution >= 0.6 is 0 Å². The molecule has 1 atom stereocenters. The fourth-order valence-corrected chi connectivity index (χ4v) is 3.55. The standard InChI is InChI=1S/C27H30N2O5/c30-27(29-22-8-5-12-25(18-22)34-20-26-13-6-14-31-26)19-28-21-7-4-11-24(17-21)33-16-15-32-23-9-2-1-3-10-23/h1-5,7-12,17-18,26,28H,6,13-16,19-20H2,(H,29,30). The normalized spacial score (nSPS) is 14.9. The summed E-state index contributed by atoms with van der Waals surface area (Å²) in [7, 11) is 0. The maximum Gasteiger partial charge on any atom is 0.243 e. The number of hydrogen-bond donors (Lipinski definition) is 2. The summed E-state index contributed by atoms with van der Waals surface area (Å²) in [6.45, 7) is 2.32. The number of carbonyl (C=O) groups is 1. The average molecular weight is 463 g/mol. The Hall–Kier alpha value is -3.71. The second-order valence-electron chi connectivity index (χ2n) is 7.91. The summed E-state index contributed by atoms with van der Waals surface area (Å²) in [5, 5.41) is 6.02. The van der Waals surface area contributed by atoms with Crippen LogP contribution < -0.4 is 24.8 Å². The van der Waals surface area contributed by atoms with Gasteiger partial charge >= 0.3 is 0 Å². The Morgan fingerprint density at radius 3 is 2.26 bits per heavy atom. The molecule has 1 unspecified atom stereocenters. The first-order valence-electron chi connectivity index (χ1n) is 11.5. The number of para-hydroxylation sites is 1. The largest absolute Gasteiger partial charge is 0.491 e. The maximum absolute atomic E-state index is 12.4. The zero-order valence-electron chi connectivity index (χ0n) is 19.1. The van der Waals surface area contributed by atoms with Crippen molar-refractivity contribution in [1.82, 2.24) is 0 Å². The van der Waals surface area contributed by atoms with Crippen molar-refractivity contribution < 1.29 is 23.7 Å². The first kappa shape index (κ1) is 23.4. The Kier molecular flexibility index (Phi) is 8.63. The smallest absolute Gasteiger partial charge is 0.243 e. The van der Waals surface area contributed by atoms with Crippen LogP contribution in [0.5, 0.6) is 17.2 Å². The molecule has 7 nitrogen and oxygen atoms in total. The van der Waals surface area contributed by atoms with E-state index in [2.05, 4.69) is 10.6 Å². The van der Waals surface area contributed by atoms with E-state index < -0.39 is 0 Å². The molecule has 0 spiro atoms. The van der Waals surface area contributed by atoms with E-state index in [9.17, 15) is 4.79 Å². The van der Waals surface area contributed by atoms with Crippen molar-refractivity contribution in [2.24, 2.45) is 0 Å². The van der Waals surface area contributed by atoms with Crippen LogP contribution in [0.15, 0.2) is 78.9 Å². The van der Waals surface area contributed by atoms with E-state index in [1.165, 1.54) is 0 Å². The highest BCUT2D eigenvalue weighted by atomic mass is 16.5. The van der Waals surface area contributed by atoms with Crippen LogP contribution in [-0.2, 0) is 9.53 Å². The topological polar surface area (TPSA) is 78.1 Å². The lowest BCUT2D eigenvalue weighted by atomic mass is 10.2. The van der Waals surface area contributed by atoms with Gasteiger partial charge in [0.15, 0.2) is 0 Å². The SMILES string of the molecule is O=C(CNc1cccc(OCCOc2ccccc2)c1)Nc1cccc(OCC2CCCO2)c1. The van der Waals surface area contributed by atoms with Crippen LogP contribution in [-0.4, -0.2) is 45.0 Å². The summed E-state index contributed by atoms with van der Waals surface area (Å²) in [6, 6.07) is 24.5. The molecule has 3 aromatic rings. The zero-order valence-corrected chi connectivity index (χ0v) is 19.1. The monoisotopic (exact) mass is 462 g/mol. The third kappa shape index (κ3) is 7.71. The lowest BCUT2D eigenvalue weighted by Gasteiger charge is -2.13. The fourth-order valence-electron chi connectivity index (χ4n) is 3.55. The Balaban J connectivity index is 1.18. The van der Waals surface area contributed by atoms with Crippen LogP contribution in [0.25, 0.3) is 0 Å². The Morgan fingerprint density at radius 2 is 1.50 bits per heavy atom. The van der Waals surface area contributed by atoms with E-state index >= 15 is 0 Å². The summed E-state index contributed by atoms with van der Waals surface area (Å²) in [5.74, 6) is 2.08. The Morgan fingerprint density at radius 1 is 0.824 bits per heavy atom. The second-order valence-corrected chi connectivity index (χ2v) is 7.91. The van der Waals surface area contributed by atoms with Gasteiger partial charge in [0.25, 0.3) is 0 Å². The van der Waals surface area contributed by atoms with Gasteiger partial charge in [0.05, 0.1) is 12.6 Å². The van der Waals surface area contributed by atoms with Crippen molar-refractivity contribution in [3.63, 3.8) is 0 Å². The molecule has 3 aromatic carbocycles. The number of nitrogens with one attached hydrogen (secondary N) is 2. The van der Waals surface area contributed by atoms with Crippen molar-refractivity contribution in [2.45, 2.75) is 18.9 Å². The number of anilines is 2.